The van der Waals surface area contributed by atoms with E-state index < -0.39 is 18.8 Å². The molecule has 0 saturated carbocycles. The Morgan fingerprint density at radius 3 is 2.73 bits per heavy atom. The molecule has 0 aliphatic carbocycles. The first-order valence-electron chi connectivity index (χ1n) is 7.81. The molecule has 1 aromatic heterocycles. The first-order valence-corrected chi connectivity index (χ1v) is 7.81. The van der Waals surface area contributed by atoms with Crippen LogP contribution in [-0.2, 0) is 0 Å². The number of rotatable bonds is 4. The van der Waals surface area contributed by atoms with Gasteiger partial charge >= 0.3 is 6.18 Å². The zero-order valence-electron chi connectivity index (χ0n) is 13.8. The zero-order valence-corrected chi connectivity index (χ0v) is 13.8. The highest BCUT2D eigenvalue weighted by Crippen LogP contribution is 2.26. The molecule has 0 amide bonds. The van der Waals surface area contributed by atoms with E-state index in [1.165, 1.54) is 22.9 Å². The third-order valence-corrected chi connectivity index (χ3v) is 3.94. The SMILES string of the molecule is CC(c1cccc(OCC(F)(F)F)c1)n1c(=O)cnc2cc(N)ccc21. The van der Waals surface area contributed by atoms with E-state index in [0.717, 1.165) is 0 Å². The Hall–Kier alpha value is -3.03. The van der Waals surface area contributed by atoms with Crippen molar-refractivity contribution in [2.75, 3.05) is 12.3 Å². The number of nitrogen functional groups attached to an aromatic ring is 1. The first kappa shape index (κ1) is 17.8. The lowest BCUT2D eigenvalue weighted by atomic mass is 10.1. The molecule has 26 heavy (non-hydrogen) atoms. The summed E-state index contributed by atoms with van der Waals surface area (Å²) in [4.78, 5) is 16.5. The predicted octanol–water partition coefficient (Wildman–Crippen LogP) is 3.53. The van der Waals surface area contributed by atoms with Crippen LogP contribution in [0.2, 0.25) is 0 Å². The number of aromatic nitrogens is 2. The van der Waals surface area contributed by atoms with Crippen LogP contribution >= 0.6 is 0 Å². The summed E-state index contributed by atoms with van der Waals surface area (Å²) in [6.07, 6.45) is -3.22. The summed E-state index contributed by atoms with van der Waals surface area (Å²) in [7, 11) is 0. The number of benzene rings is 2. The highest BCUT2D eigenvalue weighted by molar-refractivity contribution is 5.78. The van der Waals surface area contributed by atoms with E-state index in [-0.39, 0.29) is 11.3 Å². The number of hydrogen-bond acceptors (Lipinski definition) is 4. The molecule has 0 bridgehead atoms. The largest absolute Gasteiger partial charge is 0.484 e. The highest BCUT2D eigenvalue weighted by atomic mass is 19.4. The molecule has 3 aromatic rings. The number of nitrogens with two attached hydrogens (primary N) is 1. The van der Waals surface area contributed by atoms with Crippen molar-refractivity contribution in [1.29, 1.82) is 0 Å². The topological polar surface area (TPSA) is 70.1 Å². The van der Waals surface area contributed by atoms with Gasteiger partial charge in [0.1, 0.15) is 5.75 Å². The van der Waals surface area contributed by atoms with Gasteiger partial charge in [0.25, 0.3) is 5.56 Å². The van der Waals surface area contributed by atoms with Gasteiger partial charge in [-0.3, -0.25) is 9.36 Å². The summed E-state index contributed by atoms with van der Waals surface area (Å²) in [5.41, 5.74) is 7.72. The fraction of sp³-hybridized carbons (Fsp3) is 0.222. The normalized spacial score (nSPS) is 12.9. The van der Waals surface area contributed by atoms with Crippen LogP contribution in [-0.4, -0.2) is 22.3 Å². The number of ether oxygens (including phenoxy) is 1. The van der Waals surface area contributed by atoms with Gasteiger partial charge in [-0.05, 0) is 42.8 Å². The minimum Gasteiger partial charge on any atom is -0.484 e. The second-order valence-corrected chi connectivity index (χ2v) is 5.87. The molecule has 1 heterocycles. The Balaban J connectivity index is 2.00. The van der Waals surface area contributed by atoms with Gasteiger partial charge in [0.2, 0.25) is 0 Å². The molecule has 0 fully saturated rings. The molecule has 0 aliphatic rings. The third-order valence-electron chi connectivity index (χ3n) is 3.94. The van der Waals surface area contributed by atoms with E-state index in [2.05, 4.69) is 4.98 Å². The predicted molar refractivity (Wildman–Crippen MR) is 92.2 cm³/mol. The second-order valence-electron chi connectivity index (χ2n) is 5.87. The lowest BCUT2D eigenvalue weighted by molar-refractivity contribution is -0.153. The van der Waals surface area contributed by atoms with Gasteiger partial charge in [0.15, 0.2) is 6.61 Å². The molecular formula is C18H16F3N3O2. The summed E-state index contributed by atoms with van der Waals surface area (Å²) < 4.78 is 43.3. The van der Waals surface area contributed by atoms with Crippen molar-refractivity contribution >= 4 is 16.7 Å². The zero-order chi connectivity index (χ0) is 18.9. The number of halogens is 3. The van der Waals surface area contributed by atoms with Gasteiger partial charge in [-0.1, -0.05) is 12.1 Å². The maximum absolute atomic E-state index is 12.4. The van der Waals surface area contributed by atoms with Crippen LogP contribution in [0.3, 0.4) is 0 Å². The Bertz CT molecular complexity index is 999. The van der Waals surface area contributed by atoms with E-state index in [1.807, 2.05) is 0 Å². The van der Waals surface area contributed by atoms with Crippen LogP contribution in [0.25, 0.3) is 11.0 Å². The fourth-order valence-corrected chi connectivity index (χ4v) is 2.73. The molecule has 0 saturated heterocycles. The van der Waals surface area contributed by atoms with Gasteiger partial charge in [-0.25, -0.2) is 4.98 Å². The third kappa shape index (κ3) is 3.79. The van der Waals surface area contributed by atoms with E-state index in [0.29, 0.717) is 22.3 Å². The Morgan fingerprint density at radius 1 is 1.23 bits per heavy atom. The lowest BCUT2D eigenvalue weighted by Gasteiger charge is -2.19. The molecule has 2 aromatic carbocycles. The number of nitrogens with zero attached hydrogens (tertiary/aromatic N) is 2. The summed E-state index contributed by atoms with van der Waals surface area (Å²) in [5, 5.41) is 0. The number of fused-ring (bicyclic) bond motifs is 1. The summed E-state index contributed by atoms with van der Waals surface area (Å²) >= 11 is 0. The Labute approximate surface area is 146 Å². The molecular weight excluding hydrogens is 347 g/mol. The van der Waals surface area contributed by atoms with Crippen molar-refractivity contribution in [1.82, 2.24) is 9.55 Å². The molecule has 3 rings (SSSR count). The van der Waals surface area contributed by atoms with Crippen molar-refractivity contribution in [2.45, 2.75) is 19.1 Å². The highest BCUT2D eigenvalue weighted by Gasteiger charge is 2.28. The monoisotopic (exact) mass is 363 g/mol. The van der Waals surface area contributed by atoms with Gasteiger partial charge in [0, 0.05) is 5.69 Å². The van der Waals surface area contributed by atoms with E-state index in [9.17, 15) is 18.0 Å². The minimum atomic E-state index is -4.42. The number of anilines is 1. The molecule has 8 heteroatoms. The molecule has 0 spiro atoms. The van der Waals surface area contributed by atoms with E-state index >= 15 is 0 Å². The average Bonchev–Trinajstić information content (AvgIpc) is 2.59. The van der Waals surface area contributed by atoms with Crippen LogP contribution in [0.4, 0.5) is 18.9 Å². The number of alkyl halides is 3. The van der Waals surface area contributed by atoms with E-state index in [4.69, 9.17) is 10.5 Å². The van der Waals surface area contributed by atoms with Crippen molar-refractivity contribution in [3.05, 3.63) is 64.6 Å². The van der Waals surface area contributed by atoms with Crippen LogP contribution in [0, 0.1) is 0 Å². The van der Waals surface area contributed by atoms with Gasteiger partial charge < -0.3 is 10.5 Å². The maximum Gasteiger partial charge on any atom is 0.422 e. The second kappa shape index (κ2) is 6.70. The molecule has 136 valence electrons. The van der Waals surface area contributed by atoms with Crippen LogP contribution in [0.1, 0.15) is 18.5 Å². The maximum atomic E-state index is 12.4. The quantitative estimate of drug-likeness (QED) is 0.720. The van der Waals surface area contributed by atoms with Crippen LogP contribution in [0.15, 0.2) is 53.5 Å². The fourth-order valence-electron chi connectivity index (χ4n) is 2.73. The van der Waals surface area contributed by atoms with E-state index in [1.54, 1.807) is 37.3 Å². The standard InChI is InChI=1S/C18H16F3N3O2/c1-11(12-3-2-4-14(7-12)26-10-18(19,20)21)24-16-6-5-13(22)8-15(16)23-9-17(24)25/h2-9,11H,10,22H2,1H3. The molecule has 2 N–H and O–H groups in total. The Morgan fingerprint density at radius 2 is 2.00 bits per heavy atom. The number of hydrogen-bond donors (Lipinski definition) is 1. The van der Waals surface area contributed by atoms with Gasteiger partial charge in [-0.2, -0.15) is 13.2 Å². The van der Waals surface area contributed by atoms with Crippen molar-refractivity contribution < 1.29 is 17.9 Å². The minimum absolute atomic E-state index is 0.0855. The van der Waals surface area contributed by atoms with Crippen molar-refractivity contribution in [3.8, 4) is 5.75 Å². The molecule has 1 atom stereocenters. The van der Waals surface area contributed by atoms with Crippen LogP contribution < -0.4 is 16.0 Å². The van der Waals surface area contributed by atoms with Gasteiger partial charge in [-0.15, -0.1) is 0 Å². The van der Waals surface area contributed by atoms with Crippen molar-refractivity contribution in [2.24, 2.45) is 0 Å². The average molecular weight is 363 g/mol. The molecule has 5 nitrogen and oxygen atoms in total. The molecule has 0 radical (unpaired) electrons. The first-order chi connectivity index (χ1) is 12.2. The lowest BCUT2D eigenvalue weighted by Crippen LogP contribution is -2.24. The molecule has 1 unspecified atom stereocenters. The summed E-state index contributed by atoms with van der Waals surface area (Å²) in [5.74, 6) is 0.0855. The van der Waals surface area contributed by atoms with Crippen molar-refractivity contribution in [3.63, 3.8) is 0 Å². The summed E-state index contributed by atoms with van der Waals surface area (Å²) in [6, 6.07) is 10.8. The van der Waals surface area contributed by atoms with Gasteiger partial charge in [0.05, 0.1) is 23.3 Å². The van der Waals surface area contributed by atoms with Crippen LogP contribution in [0.5, 0.6) is 5.75 Å². The Kier molecular flexibility index (Phi) is 4.58. The smallest absolute Gasteiger partial charge is 0.422 e. The summed E-state index contributed by atoms with van der Waals surface area (Å²) in [6.45, 7) is 0.405. The molecule has 0 aliphatic heterocycles.